The highest BCUT2D eigenvalue weighted by Crippen LogP contribution is 2.63. The van der Waals surface area contributed by atoms with E-state index in [0.29, 0.717) is 0 Å². The number of hydrogen-bond donors (Lipinski definition) is 0. The van der Waals surface area contributed by atoms with Crippen molar-refractivity contribution in [1.82, 2.24) is 0 Å². The van der Waals surface area contributed by atoms with Crippen molar-refractivity contribution in [3.63, 3.8) is 0 Å². The molecule has 0 saturated heterocycles. The van der Waals surface area contributed by atoms with E-state index in [0.717, 1.165) is 0 Å². The smallest absolute Gasteiger partial charge is 0.139 e. The highest BCUT2D eigenvalue weighted by atomic mass is 17.2. The first-order valence-electron chi connectivity index (χ1n) is 12.4. The zero-order valence-electron chi connectivity index (χ0n) is 25.1. The Labute approximate surface area is 202 Å². The first-order chi connectivity index (χ1) is 13.7. The van der Waals surface area contributed by atoms with Crippen LogP contribution in [0.25, 0.3) is 0 Å². The van der Waals surface area contributed by atoms with Crippen LogP contribution < -0.4 is 0 Å². The molecule has 0 rings (SSSR count). The Morgan fingerprint density at radius 3 is 0.594 bits per heavy atom. The van der Waals surface area contributed by atoms with Crippen molar-refractivity contribution >= 4 is 0 Å². The van der Waals surface area contributed by atoms with E-state index < -0.39 is 0 Å². The molecule has 0 heterocycles. The van der Waals surface area contributed by atoms with Crippen LogP contribution in [-0.2, 0) is 9.78 Å². The zero-order chi connectivity index (χ0) is 26.2. The average molecular weight is 451 g/mol. The average Bonchev–Trinajstić information content (AvgIpc) is 2.41. The molecule has 32 heavy (non-hydrogen) atoms. The fourth-order valence-corrected chi connectivity index (χ4v) is 8.57. The van der Waals surface area contributed by atoms with E-state index in [9.17, 15) is 0 Å². The van der Waals surface area contributed by atoms with Crippen molar-refractivity contribution in [2.24, 2.45) is 43.3 Å². The van der Waals surface area contributed by atoms with Crippen LogP contribution in [0.15, 0.2) is 24.7 Å². The van der Waals surface area contributed by atoms with Gasteiger partial charge in [0, 0.05) is 10.8 Å². The van der Waals surface area contributed by atoms with Crippen LogP contribution in [0.1, 0.15) is 125 Å². The number of allylic oxidation sites excluding steroid dienone is 2. The topological polar surface area (TPSA) is 18.5 Å². The molecule has 0 atom stereocenters. The molecule has 0 fully saturated rings. The molecule has 0 aliphatic heterocycles. The Balaban J connectivity index is 6.06. The van der Waals surface area contributed by atoms with Gasteiger partial charge in [-0.05, 0) is 44.6 Å². The lowest BCUT2D eigenvalue weighted by molar-refractivity contribution is -0.201. The van der Waals surface area contributed by atoms with Crippen LogP contribution in [0.5, 0.6) is 0 Å². The summed E-state index contributed by atoms with van der Waals surface area (Å²) < 4.78 is 0. The summed E-state index contributed by atoms with van der Waals surface area (Å²) in [7, 11) is 0. The maximum absolute atomic E-state index is 5.64. The summed E-state index contributed by atoms with van der Waals surface area (Å²) >= 11 is 0. The molecule has 0 spiro atoms. The van der Waals surface area contributed by atoms with Gasteiger partial charge in [-0.3, -0.25) is 9.78 Å². The van der Waals surface area contributed by atoms with E-state index in [1.54, 1.807) is 12.5 Å². The van der Waals surface area contributed by atoms with E-state index in [2.05, 4.69) is 137 Å². The van der Waals surface area contributed by atoms with Gasteiger partial charge in [-0.1, -0.05) is 125 Å². The summed E-state index contributed by atoms with van der Waals surface area (Å²) in [6, 6.07) is 0. The van der Waals surface area contributed by atoms with Gasteiger partial charge in [-0.25, -0.2) is 0 Å². The standard InChI is InChI=1S/C30H58O2/c1-23(2,3)29(24(4,5)6,25(7,8)9)19-21-31-32-22-20-30(26(10,11)12,27(13,14)15)28(16,17)18/h19-22H,1-18H3. The lowest BCUT2D eigenvalue weighted by Crippen LogP contribution is -2.53. The van der Waals surface area contributed by atoms with Crippen molar-refractivity contribution < 1.29 is 9.78 Å². The fraction of sp³-hybridized carbons (Fsp3) is 0.867. The summed E-state index contributed by atoms with van der Waals surface area (Å²) in [5.74, 6) is 0. The van der Waals surface area contributed by atoms with Crippen LogP contribution in [0.4, 0.5) is 0 Å². The predicted molar refractivity (Wildman–Crippen MR) is 142 cm³/mol. The minimum absolute atomic E-state index is 0.0407. The van der Waals surface area contributed by atoms with E-state index >= 15 is 0 Å². The van der Waals surface area contributed by atoms with Gasteiger partial charge in [-0.2, -0.15) is 0 Å². The van der Waals surface area contributed by atoms with E-state index in [-0.39, 0.29) is 43.3 Å². The van der Waals surface area contributed by atoms with Gasteiger partial charge in [-0.15, -0.1) is 0 Å². The molecule has 0 aromatic heterocycles. The third-order valence-electron chi connectivity index (χ3n) is 7.90. The molecule has 0 aliphatic rings. The van der Waals surface area contributed by atoms with Crippen molar-refractivity contribution in [2.75, 3.05) is 0 Å². The molecule has 2 nitrogen and oxygen atoms in total. The molecular weight excluding hydrogens is 392 g/mol. The SMILES string of the molecule is CC(C)(C)C(C=COOC=CC(C(C)(C)C)(C(C)(C)C)C(C)(C)C)(C(C)(C)C)C(C)(C)C. The quantitative estimate of drug-likeness (QED) is 0.179. The third-order valence-corrected chi connectivity index (χ3v) is 7.90. The number of rotatable bonds is 5. The highest BCUT2D eigenvalue weighted by molar-refractivity contribution is 5.16. The minimum atomic E-state index is -0.105. The van der Waals surface area contributed by atoms with Crippen molar-refractivity contribution in [1.29, 1.82) is 0 Å². The first kappa shape index (κ1) is 31.1. The van der Waals surface area contributed by atoms with Crippen molar-refractivity contribution in [3.05, 3.63) is 24.7 Å². The largest absolute Gasteiger partial charge is 0.299 e. The molecule has 0 radical (unpaired) electrons. The minimum Gasteiger partial charge on any atom is -0.299 e. The molecule has 2 heteroatoms. The Bertz CT molecular complexity index is 518. The molecule has 0 bridgehead atoms. The molecular formula is C30H58O2. The lowest BCUT2D eigenvalue weighted by atomic mass is 9.44. The molecule has 190 valence electrons. The van der Waals surface area contributed by atoms with Gasteiger partial charge in [0.25, 0.3) is 0 Å². The monoisotopic (exact) mass is 450 g/mol. The summed E-state index contributed by atoms with van der Waals surface area (Å²) in [6.45, 7) is 41.7. The molecule has 0 aromatic carbocycles. The Hall–Kier alpha value is -0.920. The van der Waals surface area contributed by atoms with Gasteiger partial charge in [0.05, 0.1) is 0 Å². The van der Waals surface area contributed by atoms with Gasteiger partial charge in [0.1, 0.15) is 12.5 Å². The molecule has 0 aromatic rings. The summed E-state index contributed by atoms with van der Waals surface area (Å²) in [4.78, 5) is 11.3. The Kier molecular flexibility index (Phi) is 8.77. The maximum atomic E-state index is 5.64. The Morgan fingerprint density at radius 1 is 0.312 bits per heavy atom. The lowest BCUT2D eigenvalue weighted by Gasteiger charge is -2.59. The molecule has 0 saturated carbocycles. The zero-order valence-corrected chi connectivity index (χ0v) is 25.1. The van der Waals surface area contributed by atoms with Crippen LogP contribution in [0, 0.1) is 43.3 Å². The molecule has 0 aliphatic carbocycles. The summed E-state index contributed by atoms with van der Waals surface area (Å²) in [5.41, 5.74) is 0.0342. The van der Waals surface area contributed by atoms with Gasteiger partial charge < -0.3 is 0 Å². The second-order valence-electron chi connectivity index (χ2n) is 15.9. The van der Waals surface area contributed by atoms with Crippen LogP contribution in [0.2, 0.25) is 0 Å². The summed E-state index contributed by atoms with van der Waals surface area (Å²) in [5, 5.41) is 0. The maximum Gasteiger partial charge on any atom is 0.139 e. The molecule has 0 N–H and O–H groups in total. The van der Waals surface area contributed by atoms with E-state index in [4.69, 9.17) is 9.78 Å². The second-order valence-corrected chi connectivity index (χ2v) is 15.9. The fourth-order valence-electron chi connectivity index (χ4n) is 8.57. The second kappa shape index (κ2) is 9.03. The Morgan fingerprint density at radius 2 is 0.469 bits per heavy atom. The normalized spacial score (nSPS) is 16.2. The highest BCUT2D eigenvalue weighted by Gasteiger charge is 2.57. The van der Waals surface area contributed by atoms with Gasteiger partial charge in [0.15, 0.2) is 0 Å². The van der Waals surface area contributed by atoms with Crippen LogP contribution >= 0.6 is 0 Å². The van der Waals surface area contributed by atoms with E-state index in [1.807, 2.05) is 0 Å². The number of hydrogen-bond acceptors (Lipinski definition) is 2. The predicted octanol–water partition coefficient (Wildman–Crippen LogP) is 10.2. The van der Waals surface area contributed by atoms with Crippen molar-refractivity contribution in [2.45, 2.75) is 125 Å². The molecule has 0 amide bonds. The summed E-state index contributed by atoms with van der Waals surface area (Å²) in [6.07, 6.45) is 7.95. The van der Waals surface area contributed by atoms with Crippen LogP contribution in [-0.4, -0.2) is 0 Å². The first-order valence-corrected chi connectivity index (χ1v) is 12.4. The van der Waals surface area contributed by atoms with E-state index in [1.165, 1.54) is 0 Å². The van der Waals surface area contributed by atoms with Gasteiger partial charge >= 0.3 is 0 Å². The van der Waals surface area contributed by atoms with Gasteiger partial charge in [0.2, 0.25) is 0 Å². The van der Waals surface area contributed by atoms with Crippen molar-refractivity contribution in [3.8, 4) is 0 Å². The molecule has 0 unspecified atom stereocenters. The third kappa shape index (κ3) is 5.58. The van der Waals surface area contributed by atoms with Crippen LogP contribution in [0.3, 0.4) is 0 Å².